The monoisotopic (exact) mass is 353 g/mol. The molecular weight excluding hydrogens is 302 g/mol. The van der Waals surface area contributed by atoms with Crippen LogP contribution < -0.4 is 5.73 Å². The molecule has 1 heteroatoms. The maximum Gasteiger partial charge on any atom is 0.0154 e. The molecule has 2 N–H and O–H groups in total. The summed E-state index contributed by atoms with van der Waals surface area (Å²) in [5, 5.41) is 0. The molecule has 0 spiro atoms. The Labute approximate surface area is 160 Å². The Bertz CT molecular complexity index is 240. The van der Waals surface area contributed by atoms with Crippen LogP contribution >= 0.6 is 0 Å². The van der Waals surface area contributed by atoms with E-state index in [9.17, 15) is 0 Å². The average Bonchev–Trinajstić information content (AvgIpc) is 2.62. The Morgan fingerprint density at radius 1 is 0.400 bits per heavy atom. The van der Waals surface area contributed by atoms with E-state index in [0.29, 0.717) is 0 Å². The first-order valence-electron chi connectivity index (χ1n) is 12.0. The maximum atomic E-state index is 6.71. The van der Waals surface area contributed by atoms with Crippen molar-refractivity contribution in [2.45, 2.75) is 155 Å². The number of unbranched alkanes of at least 4 members (excludes halogenated alkanes) is 14. The minimum absolute atomic E-state index is 0.143. The highest BCUT2D eigenvalue weighted by atomic mass is 14.7. The SMILES string of the molecule is CCCCCCCCCCCCCCCC(N)(CCCC)CCCC. The summed E-state index contributed by atoms with van der Waals surface area (Å²) in [5.74, 6) is 0. The van der Waals surface area contributed by atoms with Crippen LogP contribution in [0, 0.1) is 0 Å². The zero-order chi connectivity index (χ0) is 18.6. The molecular formula is C24H51N. The van der Waals surface area contributed by atoms with Crippen LogP contribution in [-0.2, 0) is 0 Å². The van der Waals surface area contributed by atoms with E-state index in [0.717, 1.165) is 0 Å². The first-order chi connectivity index (χ1) is 12.2. The van der Waals surface area contributed by atoms with Gasteiger partial charge in [-0.3, -0.25) is 0 Å². The predicted octanol–water partition coefficient (Wildman–Crippen LogP) is 8.55. The van der Waals surface area contributed by atoms with Crippen LogP contribution in [0.25, 0.3) is 0 Å². The van der Waals surface area contributed by atoms with Crippen LogP contribution in [0.5, 0.6) is 0 Å². The molecule has 0 unspecified atom stereocenters. The lowest BCUT2D eigenvalue weighted by Gasteiger charge is -2.30. The fraction of sp³-hybridized carbons (Fsp3) is 1.00. The number of hydrogen-bond acceptors (Lipinski definition) is 1. The van der Waals surface area contributed by atoms with Crippen molar-refractivity contribution in [1.29, 1.82) is 0 Å². The standard InChI is InChI=1S/C24H51N/c1-4-7-10-11-12-13-14-15-16-17-18-19-20-23-24(25,21-8-5-2)22-9-6-3/h4-23,25H2,1-3H3. The van der Waals surface area contributed by atoms with E-state index in [-0.39, 0.29) is 5.54 Å². The van der Waals surface area contributed by atoms with Crippen LogP contribution in [0.3, 0.4) is 0 Å². The highest BCUT2D eigenvalue weighted by Gasteiger charge is 2.22. The van der Waals surface area contributed by atoms with Crippen LogP contribution in [0.15, 0.2) is 0 Å². The van der Waals surface area contributed by atoms with Gasteiger partial charge in [-0.05, 0) is 19.3 Å². The summed E-state index contributed by atoms with van der Waals surface area (Å²) in [7, 11) is 0. The Balaban J connectivity index is 3.47. The van der Waals surface area contributed by atoms with Gasteiger partial charge in [-0.1, -0.05) is 130 Å². The summed E-state index contributed by atoms with van der Waals surface area (Å²) >= 11 is 0. The van der Waals surface area contributed by atoms with Crippen molar-refractivity contribution in [3.05, 3.63) is 0 Å². The topological polar surface area (TPSA) is 26.0 Å². The molecule has 0 aromatic carbocycles. The van der Waals surface area contributed by atoms with Gasteiger partial charge in [-0.15, -0.1) is 0 Å². The number of rotatable bonds is 20. The third-order valence-electron chi connectivity index (χ3n) is 5.83. The molecule has 0 amide bonds. The van der Waals surface area contributed by atoms with Crippen LogP contribution in [0.1, 0.15) is 149 Å². The average molecular weight is 354 g/mol. The van der Waals surface area contributed by atoms with Gasteiger partial charge < -0.3 is 5.73 Å². The molecule has 0 radical (unpaired) electrons. The summed E-state index contributed by atoms with van der Waals surface area (Å²) in [6, 6.07) is 0. The summed E-state index contributed by atoms with van der Waals surface area (Å²) in [4.78, 5) is 0. The number of hydrogen-bond donors (Lipinski definition) is 1. The molecule has 0 fully saturated rings. The fourth-order valence-electron chi connectivity index (χ4n) is 3.93. The van der Waals surface area contributed by atoms with E-state index in [4.69, 9.17) is 5.73 Å². The lowest BCUT2D eigenvalue weighted by Crippen LogP contribution is -2.39. The molecule has 0 rings (SSSR count). The predicted molar refractivity (Wildman–Crippen MR) is 116 cm³/mol. The zero-order valence-corrected chi connectivity index (χ0v) is 18.2. The molecule has 0 heterocycles. The van der Waals surface area contributed by atoms with E-state index < -0.39 is 0 Å². The van der Waals surface area contributed by atoms with Gasteiger partial charge in [-0.2, -0.15) is 0 Å². The van der Waals surface area contributed by atoms with Crippen molar-refractivity contribution < 1.29 is 0 Å². The molecule has 1 nitrogen and oxygen atoms in total. The summed E-state index contributed by atoms with van der Waals surface area (Å²) in [6.07, 6.45) is 27.5. The molecule has 0 saturated heterocycles. The van der Waals surface area contributed by atoms with Crippen molar-refractivity contribution in [3.8, 4) is 0 Å². The molecule has 0 atom stereocenters. The number of nitrogens with two attached hydrogens (primary N) is 1. The zero-order valence-electron chi connectivity index (χ0n) is 18.2. The van der Waals surface area contributed by atoms with Gasteiger partial charge >= 0.3 is 0 Å². The molecule has 0 saturated carbocycles. The molecule has 0 aromatic rings. The van der Waals surface area contributed by atoms with Gasteiger partial charge in [0.25, 0.3) is 0 Å². The first-order valence-corrected chi connectivity index (χ1v) is 12.0. The van der Waals surface area contributed by atoms with Gasteiger partial charge in [0, 0.05) is 5.54 Å². The Morgan fingerprint density at radius 3 is 1.04 bits per heavy atom. The smallest absolute Gasteiger partial charge is 0.0154 e. The highest BCUT2D eigenvalue weighted by molar-refractivity contribution is 4.83. The summed E-state index contributed by atoms with van der Waals surface area (Å²) in [6.45, 7) is 6.86. The van der Waals surface area contributed by atoms with Crippen molar-refractivity contribution in [3.63, 3.8) is 0 Å². The molecule has 0 aliphatic heterocycles. The van der Waals surface area contributed by atoms with Gasteiger partial charge in [0.15, 0.2) is 0 Å². The highest BCUT2D eigenvalue weighted by Crippen LogP contribution is 2.25. The summed E-state index contributed by atoms with van der Waals surface area (Å²) in [5.41, 5.74) is 6.85. The van der Waals surface area contributed by atoms with Crippen molar-refractivity contribution in [2.75, 3.05) is 0 Å². The molecule has 0 bridgehead atoms. The molecule has 0 aromatic heterocycles. The second kappa shape index (κ2) is 18.7. The normalized spacial score (nSPS) is 12.0. The molecule has 25 heavy (non-hydrogen) atoms. The van der Waals surface area contributed by atoms with Crippen molar-refractivity contribution >= 4 is 0 Å². The first kappa shape index (κ1) is 25.0. The largest absolute Gasteiger partial charge is 0.325 e. The lowest BCUT2D eigenvalue weighted by molar-refractivity contribution is 0.309. The van der Waals surface area contributed by atoms with E-state index in [1.165, 1.54) is 128 Å². The van der Waals surface area contributed by atoms with Crippen LogP contribution in [0.4, 0.5) is 0 Å². The summed E-state index contributed by atoms with van der Waals surface area (Å²) < 4.78 is 0. The van der Waals surface area contributed by atoms with Gasteiger partial charge in [0.1, 0.15) is 0 Å². The van der Waals surface area contributed by atoms with E-state index in [2.05, 4.69) is 20.8 Å². The molecule has 0 aliphatic rings. The quantitative estimate of drug-likeness (QED) is 0.218. The Hall–Kier alpha value is -0.0400. The van der Waals surface area contributed by atoms with Crippen molar-refractivity contribution in [2.24, 2.45) is 5.73 Å². The van der Waals surface area contributed by atoms with E-state index in [1.54, 1.807) is 0 Å². The fourth-order valence-corrected chi connectivity index (χ4v) is 3.93. The van der Waals surface area contributed by atoms with Crippen molar-refractivity contribution in [1.82, 2.24) is 0 Å². The second-order valence-corrected chi connectivity index (χ2v) is 8.56. The van der Waals surface area contributed by atoms with Gasteiger partial charge in [-0.25, -0.2) is 0 Å². The van der Waals surface area contributed by atoms with Crippen LogP contribution in [-0.4, -0.2) is 5.54 Å². The maximum absolute atomic E-state index is 6.71. The van der Waals surface area contributed by atoms with E-state index in [1.807, 2.05) is 0 Å². The Kier molecular flexibility index (Phi) is 18.7. The Morgan fingerprint density at radius 2 is 0.680 bits per heavy atom. The lowest BCUT2D eigenvalue weighted by atomic mass is 9.83. The third-order valence-corrected chi connectivity index (χ3v) is 5.83. The van der Waals surface area contributed by atoms with Gasteiger partial charge in [0.2, 0.25) is 0 Å². The minimum atomic E-state index is 0.143. The molecule has 0 aliphatic carbocycles. The van der Waals surface area contributed by atoms with Crippen LogP contribution in [0.2, 0.25) is 0 Å². The molecule has 152 valence electrons. The van der Waals surface area contributed by atoms with E-state index >= 15 is 0 Å². The third kappa shape index (κ3) is 17.1. The minimum Gasteiger partial charge on any atom is -0.325 e. The van der Waals surface area contributed by atoms with Gasteiger partial charge in [0.05, 0.1) is 0 Å². The second-order valence-electron chi connectivity index (χ2n) is 8.56.